The first kappa shape index (κ1) is 13.7. The molecule has 1 N–H and O–H groups in total. The molecule has 2 aromatic rings. The van der Waals surface area contributed by atoms with Gasteiger partial charge in [0.05, 0.1) is 5.02 Å². The highest BCUT2D eigenvalue weighted by molar-refractivity contribution is 9.10. The Morgan fingerprint density at radius 1 is 1.06 bits per heavy atom. The maximum absolute atomic E-state index is 6.09. The van der Waals surface area contributed by atoms with Gasteiger partial charge in [-0.2, -0.15) is 0 Å². The average molecular weight is 345 g/mol. The van der Waals surface area contributed by atoms with Crippen LogP contribution in [0.4, 0.5) is 5.69 Å². The van der Waals surface area contributed by atoms with Crippen molar-refractivity contribution in [2.75, 3.05) is 5.32 Å². The standard InChI is InChI=1S/C14H12BrCl2N/c1-9-2-3-10(6-13(9)16)8-18-11-4-5-12(15)14(17)7-11/h2-7,18H,8H2,1H3. The van der Waals surface area contributed by atoms with Gasteiger partial charge in [0.15, 0.2) is 0 Å². The summed E-state index contributed by atoms with van der Waals surface area (Å²) in [5.41, 5.74) is 3.22. The first-order chi connectivity index (χ1) is 8.56. The molecule has 0 aliphatic rings. The van der Waals surface area contributed by atoms with Crippen LogP contribution in [0.15, 0.2) is 40.9 Å². The quantitative estimate of drug-likeness (QED) is 0.755. The Bertz CT molecular complexity index is 518. The van der Waals surface area contributed by atoms with Gasteiger partial charge in [-0.1, -0.05) is 35.3 Å². The van der Waals surface area contributed by atoms with E-state index in [9.17, 15) is 0 Å². The zero-order valence-corrected chi connectivity index (χ0v) is 12.9. The molecule has 0 saturated heterocycles. The molecular formula is C14H12BrCl2N. The summed E-state index contributed by atoms with van der Waals surface area (Å²) in [5.74, 6) is 0. The van der Waals surface area contributed by atoms with Gasteiger partial charge < -0.3 is 5.32 Å². The van der Waals surface area contributed by atoms with Gasteiger partial charge in [-0.15, -0.1) is 0 Å². The number of halogens is 3. The lowest BCUT2D eigenvalue weighted by Crippen LogP contribution is -1.99. The molecule has 0 amide bonds. The van der Waals surface area contributed by atoms with Crippen LogP contribution in [0.2, 0.25) is 10.0 Å². The van der Waals surface area contributed by atoms with Crippen LogP contribution in [-0.4, -0.2) is 0 Å². The number of anilines is 1. The molecule has 0 bridgehead atoms. The highest BCUT2D eigenvalue weighted by Gasteiger charge is 2.01. The van der Waals surface area contributed by atoms with Crippen molar-refractivity contribution in [2.45, 2.75) is 13.5 Å². The van der Waals surface area contributed by atoms with Gasteiger partial charge in [-0.25, -0.2) is 0 Å². The Morgan fingerprint density at radius 3 is 2.50 bits per heavy atom. The summed E-state index contributed by atoms with van der Waals surface area (Å²) in [6.45, 7) is 2.71. The van der Waals surface area contributed by atoms with E-state index in [1.165, 1.54) is 0 Å². The van der Waals surface area contributed by atoms with Crippen LogP contribution in [0.1, 0.15) is 11.1 Å². The molecule has 2 aromatic carbocycles. The van der Waals surface area contributed by atoms with Gasteiger partial charge in [0.2, 0.25) is 0 Å². The molecule has 1 nitrogen and oxygen atoms in total. The van der Waals surface area contributed by atoms with Crippen molar-refractivity contribution in [1.29, 1.82) is 0 Å². The van der Waals surface area contributed by atoms with Gasteiger partial charge in [0.25, 0.3) is 0 Å². The zero-order chi connectivity index (χ0) is 13.1. The molecule has 2 rings (SSSR count). The van der Waals surface area contributed by atoms with Crippen molar-refractivity contribution in [1.82, 2.24) is 0 Å². The summed E-state index contributed by atoms with van der Waals surface area (Å²) < 4.78 is 0.896. The van der Waals surface area contributed by atoms with E-state index in [1.807, 2.05) is 37.3 Å². The molecule has 0 heterocycles. The van der Waals surface area contributed by atoms with Crippen molar-refractivity contribution in [3.8, 4) is 0 Å². The minimum atomic E-state index is 0.696. The molecule has 0 saturated carbocycles. The smallest absolute Gasteiger partial charge is 0.0568 e. The first-order valence-corrected chi connectivity index (χ1v) is 7.05. The number of hydrogen-bond donors (Lipinski definition) is 1. The second kappa shape index (κ2) is 5.96. The fraction of sp³-hybridized carbons (Fsp3) is 0.143. The van der Waals surface area contributed by atoms with Crippen LogP contribution in [0.25, 0.3) is 0 Å². The number of rotatable bonds is 3. The predicted octanol–water partition coefficient (Wildman–Crippen LogP) is 5.68. The summed E-state index contributed by atoms with van der Waals surface area (Å²) in [7, 11) is 0. The molecule has 0 aromatic heterocycles. The molecule has 0 fully saturated rings. The lowest BCUT2D eigenvalue weighted by molar-refractivity contribution is 1.14. The molecule has 0 unspecified atom stereocenters. The Balaban J connectivity index is 2.06. The lowest BCUT2D eigenvalue weighted by Gasteiger charge is -2.08. The molecule has 0 aliphatic carbocycles. The summed E-state index contributed by atoms with van der Waals surface area (Å²) in [5, 5.41) is 4.80. The summed E-state index contributed by atoms with van der Waals surface area (Å²) >= 11 is 15.5. The molecule has 94 valence electrons. The molecule has 0 radical (unpaired) electrons. The van der Waals surface area contributed by atoms with Crippen molar-refractivity contribution >= 4 is 44.8 Å². The zero-order valence-electron chi connectivity index (χ0n) is 9.81. The van der Waals surface area contributed by atoms with E-state index in [-0.39, 0.29) is 0 Å². The minimum absolute atomic E-state index is 0.696. The summed E-state index contributed by atoms with van der Waals surface area (Å²) in [4.78, 5) is 0. The fourth-order valence-electron chi connectivity index (χ4n) is 1.56. The van der Waals surface area contributed by atoms with Crippen molar-refractivity contribution in [3.63, 3.8) is 0 Å². The SMILES string of the molecule is Cc1ccc(CNc2ccc(Br)c(Cl)c2)cc1Cl. The lowest BCUT2D eigenvalue weighted by atomic mass is 10.1. The first-order valence-electron chi connectivity index (χ1n) is 5.50. The Hall–Kier alpha value is -0.700. The monoisotopic (exact) mass is 343 g/mol. The highest BCUT2D eigenvalue weighted by atomic mass is 79.9. The number of aryl methyl sites for hydroxylation is 1. The number of hydrogen-bond acceptors (Lipinski definition) is 1. The maximum Gasteiger partial charge on any atom is 0.0568 e. The van der Waals surface area contributed by atoms with Gasteiger partial charge in [-0.3, -0.25) is 0 Å². The molecule has 0 spiro atoms. The van der Waals surface area contributed by atoms with Gasteiger partial charge in [-0.05, 0) is 58.2 Å². The molecular weight excluding hydrogens is 333 g/mol. The third-order valence-electron chi connectivity index (χ3n) is 2.65. The van der Waals surface area contributed by atoms with E-state index in [0.717, 1.165) is 32.9 Å². The Labute approximate surface area is 125 Å². The fourth-order valence-corrected chi connectivity index (χ4v) is 2.19. The molecule has 0 atom stereocenters. The van der Waals surface area contributed by atoms with Crippen LogP contribution >= 0.6 is 39.1 Å². The normalized spacial score (nSPS) is 10.4. The van der Waals surface area contributed by atoms with Crippen LogP contribution < -0.4 is 5.32 Å². The number of nitrogens with one attached hydrogen (secondary N) is 1. The van der Waals surface area contributed by atoms with Crippen LogP contribution in [0, 0.1) is 6.92 Å². The van der Waals surface area contributed by atoms with Crippen molar-refractivity contribution in [3.05, 3.63) is 62.0 Å². The van der Waals surface area contributed by atoms with Gasteiger partial charge in [0.1, 0.15) is 0 Å². The van der Waals surface area contributed by atoms with E-state index < -0.39 is 0 Å². The van der Waals surface area contributed by atoms with Crippen molar-refractivity contribution in [2.24, 2.45) is 0 Å². The Kier molecular flexibility index (Phi) is 4.55. The third kappa shape index (κ3) is 3.41. The van der Waals surface area contributed by atoms with Gasteiger partial charge >= 0.3 is 0 Å². The largest absolute Gasteiger partial charge is 0.381 e. The van der Waals surface area contributed by atoms with Crippen LogP contribution in [0.3, 0.4) is 0 Å². The van der Waals surface area contributed by atoms with E-state index in [2.05, 4.69) is 27.3 Å². The van der Waals surface area contributed by atoms with Crippen LogP contribution in [0.5, 0.6) is 0 Å². The second-order valence-corrected chi connectivity index (χ2v) is 5.73. The average Bonchev–Trinajstić information content (AvgIpc) is 2.35. The third-order valence-corrected chi connectivity index (χ3v) is 4.29. The number of benzene rings is 2. The van der Waals surface area contributed by atoms with Gasteiger partial charge in [0, 0.05) is 21.7 Å². The molecule has 18 heavy (non-hydrogen) atoms. The predicted molar refractivity (Wildman–Crippen MR) is 82.7 cm³/mol. The second-order valence-electron chi connectivity index (χ2n) is 4.07. The topological polar surface area (TPSA) is 12.0 Å². The molecule has 0 aliphatic heterocycles. The van der Waals surface area contributed by atoms with E-state index in [0.29, 0.717) is 5.02 Å². The highest BCUT2D eigenvalue weighted by Crippen LogP contribution is 2.26. The minimum Gasteiger partial charge on any atom is -0.381 e. The van der Waals surface area contributed by atoms with E-state index in [1.54, 1.807) is 0 Å². The molecule has 4 heteroatoms. The maximum atomic E-state index is 6.09. The van der Waals surface area contributed by atoms with Crippen molar-refractivity contribution < 1.29 is 0 Å². The van der Waals surface area contributed by atoms with Crippen LogP contribution in [-0.2, 0) is 6.54 Å². The summed E-state index contributed by atoms with van der Waals surface area (Å²) in [6.07, 6.45) is 0. The Morgan fingerprint density at radius 2 is 1.83 bits per heavy atom. The van der Waals surface area contributed by atoms with E-state index >= 15 is 0 Å². The van der Waals surface area contributed by atoms with E-state index in [4.69, 9.17) is 23.2 Å². The summed E-state index contributed by atoms with van der Waals surface area (Å²) in [6, 6.07) is 11.9.